The first kappa shape index (κ1) is 37.9. The summed E-state index contributed by atoms with van der Waals surface area (Å²) >= 11 is 0. The normalized spacial score (nSPS) is 16.2. The van der Waals surface area contributed by atoms with Crippen LogP contribution in [0.15, 0.2) is 84.0 Å². The number of anilines is 1. The van der Waals surface area contributed by atoms with Gasteiger partial charge in [0, 0.05) is 72.6 Å². The van der Waals surface area contributed by atoms with Gasteiger partial charge in [-0.05, 0) is 72.7 Å². The number of carbonyl (C=O) groups is 1. The second kappa shape index (κ2) is 16.9. The number of aryl methyl sites for hydroxylation is 1. The lowest BCUT2D eigenvalue weighted by atomic mass is 9.96. The molecule has 2 saturated heterocycles. The van der Waals surface area contributed by atoms with E-state index < -0.39 is 22.8 Å². The summed E-state index contributed by atoms with van der Waals surface area (Å²) in [5.41, 5.74) is 8.87. The fourth-order valence-corrected chi connectivity index (χ4v) is 6.99. The molecule has 0 bridgehead atoms. The zero-order valence-electron chi connectivity index (χ0n) is 30.8. The Hall–Kier alpha value is -5.43. The first-order valence-corrected chi connectivity index (χ1v) is 18.3. The predicted molar refractivity (Wildman–Crippen MR) is 204 cm³/mol. The van der Waals surface area contributed by atoms with E-state index in [0.29, 0.717) is 79.9 Å². The summed E-state index contributed by atoms with van der Waals surface area (Å²) in [6, 6.07) is 16.3. The number of methoxy groups -OCH3 is 1. The molecule has 4 heterocycles. The summed E-state index contributed by atoms with van der Waals surface area (Å²) < 4.78 is 61.0. The van der Waals surface area contributed by atoms with E-state index in [2.05, 4.69) is 4.98 Å². The van der Waals surface area contributed by atoms with Gasteiger partial charge in [-0.25, -0.2) is 13.8 Å². The summed E-state index contributed by atoms with van der Waals surface area (Å²) in [6.45, 7) is 5.41. The van der Waals surface area contributed by atoms with Gasteiger partial charge in [-0.3, -0.25) is 9.59 Å². The molecule has 0 aliphatic carbocycles. The lowest BCUT2D eigenvalue weighted by Gasteiger charge is -2.23. The van der Waals surface area contributed by atoms with Crippen molar-refractivity contribution in [2.45, 2.75) is 38.8 Å². The average molecular weight is 752 g/mol. The van der Waals surface area contributed by atoms with Crippen LogP contribution in [0.5, 0.6) is 11.5 Å². The Morgan fingerprint density at radius 1 is 0.873 bits per heavy atom. The second-order valence-corrected chi connectivity index (χ2v) is 14.0. The zero-order chi connectivity index (χ0) is 38.5. The van der Waals surface area contributed by atoms with Gasteiger partial charge in [0.15, 0.2) is 22.7 Å². The Kier molecular flexibility index (Phi) is 11.7. The largest absolute Gasteiger partial charge is 0.493 e. The molecule has 0 spiro atoms. The average Bonchev–Trinajstić information content (AvgIpc) is 3.19. The van der Waals surface area contributed by atoms with Crippen molar-refractivity contribution in [2.75, 3.05) is 52.5 Å². The van der Waals surface area contributed by atoms with E-state index in [4.69, 9.17) is 29.4 Å². The van der Waals surface area contributed by atoms with Gasteiger partial charge in [0.05, 0.1) is 32.5 Å². The molecule has 0 radical (unpaired) electrons. The van der Waals surface area contributed by atoms with Crippen molar-refractivity contribution in [1.82, 2.24) is 9.55 Å². The zero-order valence-corrected chi connectivity index (χ0v) is 30.8. The maximum atomic E-state index is 15.9. The molecule has 3 aromatic carbocycles. The van der Waals surface area contributed by atoms with E-state index in [9.17, 15) is 9.59 Å². The first-order valence-electron chi connectivity index (χ1n) is 18.3. The van der Waals surface area contributed by atoms with Crippen molar-refractivity contribution < 1.29 is 37.3 Å². The molecule has 55 heavy (non-hydrogen) atoms. The second-order valence-electron chi connectivity index (χ2n) is 14.0. The third kappa shape index (κ3) is 8.77. The monoisotopic (exact) mass is 751 g/mol. The van der Waals surface area contributed by atoms with Crippen molar-refractivity contribution in [2.24, 2.45) is 5.92 Å². The molecule has 2 fully saturated rings. The molecule has 1 atom stereocenters. The van der Waals surface area contributed by atoms with Crippen molar-refractivity contribution in [3.63, 3.8) is 0 Å². The molecule has 7 rings (SSSR count). The van der Waals surface area contributed by atoms with E-state index in [-0.39, 0.29) is 46.5 Å². The van der Waals surface area contributed by atoms with Crippen LogP contribution in [0, 0.1) is 24.5 Å². The Morgan fingerprint density at radius 3 is 2.40 bits per heavy atom. The summed E-state index contributed by atoms with van der Waals surface area (Å²) in [5.74, 6) is -0.232. The number of nitrogen functional groups attached to an aromatic ring is 1. The number of rotatable bonds is 12. The number of ether oxygens (including phenoxy) is 5. The number of pyridine rings is 2. The van der Waals surface area contributed by atoms with Crippen molar-refractivity contribution >= 4 is 11.6 Å². The van der Waals surface area contributed by atoms with Crippen LogP contribution in [-0.2, 0) is 27.2 Å². The highest BCUT2D eigenvalue weighted by Crippen LogP contribution is 2.36. The number of nitrogens with zero attached hydrogens (tertiary/aromatic N) is 2. The van der Waals surface area contributed by atoms with Crippen LogP contribution in [0.1, 0.15) is 34.3 Å². The number of hydrogen-bond acceptors (Lipinski definition) is 9. The molecule has 0 saturated carbocycles. The predicted octanol–water partition coefficient (Wildman–Crippen LogP) is 7.07. The lowest BCUT2D eigenvalue weighted by Crippen LogP contribution is -2.33. The number of halogens is 2. The van der Waals surface area contributed by atoms with Crippen LogP contribution in [0.2, 0.25) is 0 Å². The van der Waals surface area contributed by atoms with Gasteiger partial charge < -0.3 is 34.0 Å². The van der Waals surface area contributed by atoms with E-state index in [1.165, 1.54) is 18.3 Å². The molecule has 5 aromatic rings. The van der Waals surface area contributed by atoms with Crippen LogP contribution in [-0.4, -0.2) is 68.2 Å². The number of benzene rings is 3. The van der Waals surface area contributed by atoms with Gasteiger partial charge in [-0.15, -0.1) is 0 Å². The smallest absolute Gasteiger partial charge is 0.200 e. The maximum Gasteiger partial charge on any atom is 0.200 e. The molecule has 0 unspecified atom stereocenters. The van der Waals surface area contributed by atoms with Crippen LogP contribution in [0.25, 0.3) is 33.4 Å². The Bertz CT molecular complexity index is 2250. The van der Waals surface area contributed by atoms with Gasteiger partial charge in [0.25, 0.3) is 0 Å². The minimum Gasteiger partial charge on any atom is -0.493 e. The molecular formula is C43H43F2N3O7. The van der Waals surface area contributed by atoms with Crippen LogP contribution >= 0.6 is 0 Å². The SMILES string of the molecule is COc1cc(-c2cnc(N)c(-c3ccc(CC(=O)c4cn(CC5CCOCC5)cc(-c5ccc(C)cc5F)c4=O)cc3F)c2)ccc1OC[C@H]1COCCO1. The highest BCUT2D eigenvalue weighted by molar-refractivity contribution is 5.98. The molecule has 2 aliphatic heterocycles. The number of aromatic nitrogens is 2. The Balaban J connectivity index is 1.13. The number of nitrogens with two attached hydrogens (primary N) is 1. The summed E-state index contributed by atoms with van der Waals surface area (Å²) in [6.07, 6.45) is 5.99. The molecular weight excluding hydrogens is 708 g/mol. The topological polar surface area (TPSA) is 124 Å². The minimum absolute atomic E-state index is 0.0849. The lowest BCUT2D eigenvalue weighted by molar-refractivity contribution is -0.101. The maximum absolute atomic E-state index is 15.9. The van der Waals surface area contributed by atoms with Crippen molar-refractivity contribution in [3.8, 4) is 44.9 Å². The molecule has 2 aromatic heterocycles. The van der Waals surface area contributed by atoms with E-state index in [1.807, 2.05) is 6.07 Å². The van der Waals surface area contributed by atoms with Gasteiger partial charge in [-0.2, -0.15) is 0 Å². The van der Waals surface area contributed by atoms with Gasteiger partial charge in [-0.1, -0.05) is 30.3 Å². The van der Waals surface area contributed by atoms with E-state index in [0.717, 1.165) is 18.4 Å². The number of hydrogen-bond donors (Lipinski definition) is 1. The van der Waals surface area contributed by atoms with Gasteiger partial charge in [0.1, 0.15) is 30.2 Å². The molecule has 2 aliphatic rings. The molecule has 2 N–H and O–H groups in total. The van der Waals surface area contributed by atoms with E-state index >= 15 is 8.78 Å². The Morgan fingerprint density at radius 2 is 1.65 bits per heavy atom. The first-order chi connectivity index (χ1) is 26.7. The molecule has 0 amide bonds. The third-order valence-electron chi connectivity index (χ3n) is 10.0. The molecule has 12 heteroatoms. The molecule has 10 nitrogen and oxygen atoms in total. The number of ketones is 1. The number of carbonyl (C=O) groups excluding carboxylic acids is 1. The van der Waals surface area contributed by atoms with Crippen molar-refractivity contribution in [3.05, 3.63) is 118 Å². The molecule has 286 valence electrons. The van der Waals surface area contributed by atoms with Crippen molar-refractivity contribution in [1.29, 1.82) is 0 Å². The highest BCUT2D eigenvalue weighted by atomic mass is 19.1. The summed E-state index contributed by atoms with van der Waals surface area (Å²) in [4.78, 5) is 31.9. The highest BCUT2D eigenvalue weighted by Gasteiger charge is 2.22. The van der Waals surface area contributed by atoms with Gasteiger partial charge in [0.2, 0.25) is 0 Å². The van der Waals surface area contributed by atoms with Crippen LogP contribution in [0.4, 0.5) is 14.6 Å². The van der Waals surface area contributed by atoms with Gasteiger partial charge >= 0.3 is 0 Å². The van der Waals surface area contributed by atoms with Crippen LogP contribution in [0.3, 0.4) is 0 Å². The third-order valence-corrected chi connectivity index (χ3v) is 10.0. The van der Waals surface area contributed by atoms with E-state index in [1.54, 1.807) is 73.5 Å². The fourth-order valence-electron chi connectivity index (χ4n) is 6.99. The quantitative estimate of drug-likeness (QED) is 0.133. The minimum atomic E-state index is -0.612. The fraction of sp³-hybridized carbons (Fsp3) is 0.326. The van der Waals surface area contributed by atoms with Crippen LogP contribution < -0.4 is 20.6 Å². The Labute approximate surface area is 317 Å². The summed E-state index contributed by atoms with van der Waals surface area (Å²) in [7, 11) is 1.55. The number of Topliss-reactive ketones (excluding diaryl/α,β-unsaturated/α-hetero) is 1. The standard InChI is InChI=1S/C43H43F2N3O7/c1-26-3-6-33(37(44)15-26)35-22-48(21-27-9-11-52-12-10-27)23-36(42(35)50)39(49)17-28-4-7-32(38(45)16-28)34-18-30(20-47-43(34)46)29-5-8-40(41(19-29)51-2)55-25-31-24-53-13-14-54-31/h3-8,15-16,18-20,22-23,27,31H,9-14,17,21,24-25H2,1-2H3,(H2,46,47)/t31-/m1/s1. The summed E-state index contributed by atoms with van der Waals surface area (Å²) in [5, 5.41) is 0.